The maximum atomic E-state index is 11.5. The van der Waals surface area contributed by atoms with Crippen molar-refractivity contribution in [2.45, 2.75) is 42.7 Å². The van der Waals surface area contributed by atoms with Crippen LogP contribution in [0.15, 0.2) is 0 Å². The minimum atomic E-state index is -2.39. The second-order valence-corrected chi connectivity index (χ2v) is 4.26. The Morgan fingerprint density at radius 2 is 1.00 bits per heavy atom. The van der Waals surface area contributed by atoms with Gasteiger partial charge in [-0.25, -0.2) is 0 Å². The monoisotopic (exact) mass is 300 g/mol. The van der Waals surface area contributed by atoms with Gasteiger partial charge in [-0.15, -0.1) is 0 Å². The van der Waals surface area contributed by atoms with E-state index in [9.17, 15) is 30.3 Å². The molecule has 9 N–H and O–H groups in total. The van der Waals surface area contributed by atoms with Crippen molar-refractivity contribution in [3.05, 3.63) is 0 Å². The summed E-state index contributed by atoms with van der Waals surface area (Å²) in [6.45, 7) is -1.91. The molecule has 0 fully saturated rings. The van der Waals surface area contributed by atoms with Gasteiger partial charge in [0.1, 0.15) is 42.7 Å². The summed E-state index contributed by atoms with van der Waals surface area (Å²) in [5.74, 6) is -1.54. The second-order valence-electron chi connectivity index (χ2n) is 4.26. The van der Waals surface area contributed by atoms with E-state index in [0.717, 1.165) is 0 Å². The van der Waals surface area contributed by atoms with E-state index < -0.39 is 61.7 Å². The Morgan fingerprint density at radius 3 is 1.40 bits per heavy atom. The van der Waals surface area contributed by atoms with E-state index >= 15 is 0 Å². The van der Waals surface area contributed by atoms with Gasteiger partial charge in [0.15, 0.2) is 5.78 Å². The Hall–Kier alpha value is -0.690. The molecule has 10 heteroatoms. The third-order valence-corrected chi connectivity index (χ3v) is 2.74. The fourth-order valence-electron chi connectivity index (χ4n) is 1.35. The number of carbonyl (C=O) groups excluding carboxylic acids is 1. The number of aliphatic hydroxyl groups excluding tert-OH is 9. The van der Waals surface area contributed by atoms with E-state index in [2.05, 4.69) is 0 Å². The van der Waals surface area contributed by atoms with Crippen molar-refractivity contribution in [3.8, 4) is 0 Å². The van der Waals surface area contributed by atoms with Gasteiger partial charge in [0.2, 0.25) is 0 Å². The van der Waals surface area contributed by atoms with Gasteiger partial charge < -0.3 is 46.0 Å². The van der Waals surface area contributed by atoms with Crippen molar-refractivity contribution in [1.29, 1.82) is 0 Å². The van der Waals surface area contributed by atoms with Crippen LogP contribution in [0.2, 0.25) is 0 Å². The van der Waals surface area contributed by atoms with Crippen molar-refractivity contribution >= 4 is 5.78 Å². The standard InChI is InChI=1S/C10H20O10/c11-1-3(13)5(15)7(17)9(19)10(20)8(18)6(16)4(14)2-12/h3-9,11-19H,1-2H2. The van der Waals surface area contributed by atoms with Crippen LogP contribution in [0.5, 0.6) is 0 Å². The van der Waals surface area contributed by atoms with Crippen LogP contribution in [0.1, 0.15) is 0 Å². The molecule has 7 atom stereocenters. The summed E-state index contributed by atoms with van der Waals surface area (Å²) < 4.78 is 0. The molecule has 0 aliphatic carbocycles. The van der Waals surface area contributed by atoms with E-state index in [1.54, 1.807) is 0 Å². The van der Waals surface area contributed by atoms with E-state index in [1.807, 2.05) is 0 Å². The predicted octanol–water partition coefficient (Wildman–Crippen LogP) is -5.93. The highest BCUT2D eigenvalue weighted by Gasteiger charge is 2.40. The first kappa shape index (κ1) is 19.3. The summed E-state index contributed by atoms with van der Waals surface area (Å²) in [4.78, 5) is 11.5. The molecule has 10 nitrogen and oxygen atoms in total. The molecule has 0 aromatic carbocycles. The fraction of sp³-hybridized carbons (Fsp3) is 0.900. The van der Waals surface area contributed by atoms with Crippen LogP contribution in [-0.2, 0) is 4.79 Å². The lowest BCUT2D eigenvalue weighted by Gasteiger charge is -2.28. The van der Waals surface area contributed by atoms with Gasteiger partial charge in [0.05, 0.1) is 13.2 Å². The zero-order chi connectivity index (χ0) is 16.0. The first-order chi connectivity index (χ1) is 9.18. The quantitative estimate of drug-likeness (QED) is 0.197. The average Bonchev–Trinajstić information content (AvgIpc) is 2.48. The molecule has 7 unspecified atom stereocenters. The summed E-state index contributed by atoms with van der Waals surface area (Å²) in [7, 11) is 0. The first-order valence-corrected chi connectivity index (χ1v) is 5.70. The van der Waals surface area contributed by atoms with Gasteiger partial charge in [-0.3, -0.25) is 4.79 Å². The van der Waals surface area contributed by atoms with Gasteiger partial charge in [0.25, 0.3) is 0 Å². The SMILES string of the molecule is O=C(C(O)C(O)C(O)CO)C(O)C(O)C(O)C(O)CO. The smallest absolute Gasteiger partial charge is 0.195 e. The molecule has 0 heterocycles. The number of rotatable bonds is 9. The van der Waals surface area contributed by atoms with Gasteiger partial charge in [-0.2, -0.15) is 0 Å². The van der Waals surface area contributed by atoms with Crippen LogP contribution in [0.4, 0.5) is 0 Å². The van der Waals surface area contributed by atoms with E-state index in [1.165, 1.54) is 0 Å². The second kappa shape index (κ2) is 8.56. The summed E-state index contributed by atoms with van der Waals surface area (Å²) in [6.07, 6.45) is -14.8. The molecule has 0 aromatic rings. The molecule has 0 spiro atoms. The number of ketones is 1. The van der Waals surface area contributed by atoms with E-state index in [-0.39, 0.29) is 0 Å². The molecule has 0 radical (unpaired) electrons. The Morgan fingerprint density at radius 1 is 0.650 bits per heavy atom. The average molecular weight is 300 g/mol. The van der Waals surface area contributed by atoms with Crippen LogP contribution in [0.3, 0.4) is 0 Å². The van der Waals surface area contributed by atoms with Gasteiger partial charge >= 0.3 is 0 Å². The maximum Gasteiger partial charge on any atom is 0.195 e. The number of Topliss-reactive ketones (excluding diaryl/α,β-unsaturated/α-hetero) is 1. The summed E-state index contributed by atoms with van der Waals surface area (Å²) in [5.41, 5.74) is 0. The van der Waals surface area contributed by atoms with Crippen LogP contribution >= 0.6 is 0 Å². The molecule has 0 amide bonds. The zero-order valence-electron chi connectivity index (χ0n) is 10.4. The lowest BCUT2D eigenvalue weighted by atomic mass is 9.94. The minimum absolute atomic E-state index is 0.951. The Labute approximate surface area is 113 Å². The lowest BCUT2D eigenvalue weighted by Crippen LogP contribution is -2.54. The molecule has 0 saturated carbocycles. The number of hydrogen-bond acceptors (Lipinski definition) is 10. The molecule has 20 heavy (non-hydrogen) atoms. The zero-order valence-corrected chi connectivity index (χ0v) is 10.4. The van der Waals surface area contributed by atoms with Gasteiger partial charge in [-0.1, -0.05) is 0 Å². The number of hydrogen-bond donors (Lipinski definition) is 9. The van der Waals surface area contributed by atoms with Crippen molar-refractivity contribution in [2.24, 2.45) is 0 Å². The highest BCUT2D eigenvalue weighted by molar-refractivity contribution is 5.88. The van der Waals surface area contributed by atoms with Crippen molar-refractivity contribution < 1.29 is 50.8 Å². The Kier molecular flexibility index (Phi) is 8.27. The van der Waals surface area contributed by atoms with Crippen molar-refractivity contribution in [1.82, 2.24) is 0 Å². The number of carbonyl (C=O) groups is 1. The highest BCUT2D eigenvalue weighted by atomic mass is 16.4. The van der Waals surface area contributed by atoms with Gasteiger partial charge in [-0.05, 0) is 0 Å². The largest absolute Gasteiger partial charge is 0.394 e. The van der Waals surface area contributed by atoms with Crippen LogP contribution in [-0.4, -0.2) is 108 Å². The summed E-state index contributed by atoms with van der Waals surface area (Å²) >= 11 is 0. The molecule has 0 aromatic heterocycles. The summed E-state index contributed by atoms with van der Waals surface area (Å²) in [6, 6.07) is 0. The Balaban J connectivity index is 4.76. The van der Waals surface area contributed by atoms with E-state index in [0.29, 0.717) is 0 Å². The third kappa shape index (κ3) is 4.70. The lowest BCUT2D eigenvalue weighted by molar-refractivity contribution is -0.163. The molecule has 0 saturated heterocycles. The minimum Gasteiger partial charge on any atom is -0.394 e. The predicted molar refractivity (Wildman–Crippen MR) is 61.2 cm³/mol. The highest BCUT2D eigenvalue weighted by Crippen LogP contribution is 2.10. The third-order valence-electron chi connectivity index (χ3n) is 2.74. The first-order valence-electron chi connectivity index (χ1n) is 5.70. The molecule has 0 rings (SSSR count). The number of aliphatic hydroxyl groups is 9. The summed E-state index contributed by atoms with van der Waals surface area (Å²) in [5, 5.41) is 81.8. The van der Waals surface area contributed by atoms with Crippen molar-refractivity contribution in [3.63, 3.8) is 0 Å². The van der Waals surface area contributed by atoms with E-state index in [4.69, 9.17) is 20.4 Å². The Bertz CT molecular complexity index is 298. The van der Waals surface area contributed by atoms with Crippen LogP contribution < -0.4 is 0 Å². The van der Waals surface area contributed by atoms with Crippen LogP contribution in [0.25, 0.3) is 0 Å². The topological polar surface area (TPSA) is 199 Å². The molecule has 0 bridgehead atoms. The molecule has 0 aliphatic heterocycles. The molecule has 0 aliphatic rings. The fourth-order valence-corrected chi connectivity index (χ4v) is 1.35. The molecule has 120 valence electrons. The van der Waals surface area contributed by atoms with Crippen LogP contribution in [0, 0.1) is 0 Å². The maximum absolute atomic E-state index is 11.5. The van der Waals surface area contributed by atoms with Crippen molar-refractivity contribution in [2.75, 3.05) is 13.2 Å². The molecular weight excluding hydrogens is 280 g/mol. The normalized spacial score (nSPS) is 22.4. The van der Waals surface area contributed by atoms with Gasteiger partial charge in [0, 0.05) is 0 Å². The molecular formula is C10H20O10.